The van der Waals surface area contributed by atoms with Crippen molar-refractivity contribution in [1.29, 1.82) is 0 Å². The van der Waals surface area contributed by atoms with Crippen molar-refractivity contribution in [3.63, 3.8) is 0 Å². The zero-order valence-electron chi connectivity index (χ0n) is 23.5. The zero-order valence-corrected chi connectivity index (χ0v) is 23.5. The fourth-order valence-electron chi connectivity index (χ4n) is 5.96. The number of nitrogens with zero attached hydrogens (tertiary/aromatic N) is 4. The summed E-state index contributed by atoms with van der Waals surface area (Å²) < 4.78 is 7.95. The number of hydrogen-bond acceptors (Lipinski definition) is 7. The lowest BCUT2D eigenvalue weighted by atomic mass is 9.82. The minimum Gasteiger partial charge on any atom is -0.454 e. The van der Waals surface area contributed by atoms with E-state index in [0.29, 0.717) is 48.7 Å². The van der Waals surface area contributed by atoms with Crippen LogP contribution in [0.5, 0.6) is 0 Å². The van der Waals surface area contributed by atoms with Gasteiger partial charge in [-0.25, -0.2) is 9.47 Å². The molecule has 0 bridgehead atoms. The van der Waals surface area contributed by atoms with Gasteiger partial charge in [0, 0.05) is 56.1 Å². The first-order valence-corrected chi connectivity index (χ1v) is 13.6. The van der Waals surface area contributed by atoms with Crippen LogP contribution in [-0.2, 0) is 13.6 Å². The average molecular weight is 546 g/mol. The van der Waals surface area contributed by atoms with E-state index >= 15 is 0 Å². The highest BCUT2D eigenvalue weighted by Gasteiger charge is 2.52. The lowest BCUT2D eigenvalue weighted by Gasteiger charge is -2.43. The van der Waals surface area contributed by atoms with Gasteiger partial charge in [0.15, 0.2) is 11.8 Å². The van der Waals surface area contributed by atoms with Crippen LogP contribution in [0, 0.1) is 5.41 Å². The molecule has 0 aromatic carbocycles. The summed E-state index contributed by atoms with van der Waals surface area (Å²) in [4.78, 5) is 35.0. The highest BCUT2D eigenvalue weighted by molar-refractivity contribution is 5.92. The topological polar surface area (TPSA) is 122 Å². The molecule has 1 aliphatic heterocycles. The number of pyridine rings is 3. The van der Waals surface area contributed by atoms with Crippen molar-refractivity contribution in [2.75, 3.05) is 31.5 Å². The normalized spacial score (nSPS) is 18.8. The molecule has 40 heavy (non-hydrogen) atoms. The van der Waals surface area contributed by atoms with Crippen molar-refractivity contribution < 1.29 is 18.8 Å². The maximum atomic E-state index is 13.3. The summed E-state index contributed by atoms with van der Waals surface area (Å²) in [5.74, 6) is 1.18. The summed E-state index contributed by atoms with van der Waals surface area (Å²) in [7, 11) is 1.71. The number of aromatic nitrogens is 3. The molecule has 4 aromatic heterocycles. The lowest BCUT2D eigenvalue weighted by Crippen LogP contribution is -2.59. The minimum atomic E-state index is -0.880. The number of hydrogen-bond donors (Lipinski definition) is 3. The van der Waals surface area contributed by atoms with E-state index in [1.807, 2.05) is 51.1 Å². The van der Waals surface area contributed by atoms with Crippen molar-refractivity contribution in [3.05, 3.63) is 76.8 Å². The number of amides is 1. The van der Waals surface area contributed by atoms with E-state index in [0.717, 1.165) is 29.8 Å². The molecule has 2 unspecified atom stereocenters. The van der Waals surface area contributed by atoms with Crippen molar-refractivity contribution in [1.82, 2.24) is 19.9 Å². The molecule has 0 spiro atoms. The van der Waals surface area contributed by atoms with Gasteiger partial charge in [0.1, 0.15) is 17.9 Å². The Balaban J connectivity index is 1.61. The molecule has 10 nitrogen and oxygen atoms in total. The van der Waals surface area contributed by atoms with E-state index < -0.39 is 17.6 Å². The standard InChI is InChI=1S/C30H36N6O4/c1-30(2,3)27(36(29(38)39)14-7-10-31-13-15-36)24-17-22-26(40-24)23(19-35(4)28(22)37)20-9-12-33-25(16-20)34-18-21-8-5-6-11-32-21/h5-6,8-9,11-12,16-17,19,27,31H,7,10,13-15,18H2,1-4H3,(H-,33,34,38,39)/p+1. The zero-order chi connectivity index (χ0) is 28.5. The van der Waals surface area contributed by atoms with Gasteiger partial charge in [-0.1, -0.05) is 26.8 Å². The molecule has 3 N–H and O–H groups in total. The molecule has 0 aliphatic carbocycles. The molecule has 1 fully saturated rings. The van der Waals surface area contributed by atoms with Crippen molar-refractivity contribution in [2.24, 2.45) is 12.5 Å². The number of fused-ring (bicyclic) bond motifs is 1. The predicted octanol–water partition coefficient (Wildman–Crippen LogP) is 4.78. The monoisotopic (exact) mass is 545 g/mol. The van der Waals surface area contributed by atoms with Gasteiger partial charge in [0.05, 0.1) is 24.2 Å². The third-order valence-electron chi connectivity index (χ3n) is 7.68. The molecule has 10 heteroatoms. The van der Waals surface area contributed by atoms with E-state index in [2.05, 4.69) is 20.6 Å². The van der Waals surface area contributed by atoms with Crippen LogP contribution in [0.25, 0.3) is 22.1 Å². The molecule has 210 valence electrons. The van der Waals surface area contributed by atoms with Gasteiger partial charge >= 0.3 is 6.09 Å². The Bertz CT molecular complexity index is 1560. The third-order valence-corrected chi connectivity index (χ3v) is 7.68. The molecule has 0 saturated carbocycles. The molecule has 5 heterocycles. The largest absolute Gasteiger partial charge is 0.514 e. The van der Waals surface area contributed by atoms with Crippen LogP contribution in [0.15, 0.2) is 64.2 Å². The summed E-state index contributed by atoms with van der Waals surface area (Å²) in [5.41, 5.74) is 2.25. The van der Waals surface area contributed by atoms with Crippen LogP contribution in [-0.4, -0.2) is 56.4 Å². The van der Waals surface area contributed by atoms with E-state index in [9.17, 15) is 14.7 Å². The summed E-state index contributed by atoms with van der Waals surface area (Å²) in [6, 6.07) is 10.8. The fraction of sp³-hybridized carbons (Fsp3) is 0.400. The molecule has 0 radical (unpaired) electrons. The van der Waals surface area contributed by atoms with Crippen LogP contribution in [0.2, 0.25) is 0 Å². The molecule has 2 atom stereocenters. The van der Waals surface area contributed by atoms with Gasteiger partial charge in [0.2, 0.25) is 0 Å². The van der Waals surface area contributed by atoms with Crippen LogP contribution in [0.3, 0.4) is 0 Å². The first-order chi connectivity index (χ1) is 19.1. The first-order valence-electron chi connectivity index (χ1n) is 13.6. The minimum absolute atomic E-state index is 0.150. The molecular formula is C30H37N6O4+. The third kappa shape index (κ3) is 5.24. The number of rotatable bonds is 6. The van der Waals surface area contributed by atoms with Gasteiger partial charge in [-0.2, -0.15) is 4.79 Å². The van der Waals surface area contributed by atoms with Crippen LogP contribution in [0.4, 0.5) is 10.6 Å². The summed E-state index contributed by atoms with van der Waals surface area (Å²) in [6.45, 7) is 8.89. The van der Waals surface area contributed by atoms with Crippen LogP contribution >= 0.6 is 0 Å². The second-order valence-electron chi connectivity index (χ2n) is 11.6. The smallest absolute Gasteiger partial charge is 0.454 e. The van der Waals surface area contributed by atoms with Crippen LogP contribution in [0.1, 0.15) is 44.7 Å². The van der Waals surface area contributed by atoms with Gasteiger partial charge in [-0.3, -0.25) is 9.78 Å². The highest BCUT2D eigenvalue weighted by Crippen LogP contribution is 2.46. The highest BCUT2D eigenvalue weighted by atomic mass is 16.4. The van der Waals surface area contributed by atoms with E-state index in [1.54, 1.807) is 36.3 Å². The predicted molar refractivity (Wildman–Crippen MR) is 154 cm³/mol. The number of quaternary nitrogens is 1. The quantitative estimate of drug-likeness (QED) is 0.296. The Hall–Kier alpha value is -4.02. The number of aryl methyl sites for hydroxylation is 1. The molecular weight excluding hydrogens is 508 g/mol. The van der Waals surface area contributed by atoms with E-state index in [4.69, 9.17) is 4.42 Å². The number of furan rings is 1. The van der Waals surface area contributed by atoms with Gasteiger partial charge < -0.3 is 24.7 Å². The summed E-state index contributed by atoms with van der Waals surface area (Å²) >= 11 is 0. The lowest BCUT2D eigenvalue weighted by molar-refractivity contribution is -0.895. The van der Waals surface area contributed by atoms with E-state index in [-0.39, 0.29) is 10.0 Å². The number of carbonyl (C=O) groups is 1. The van der Waals surface area contributed by atoms with Gasteiger partial charge in [-0.15, -0.1) is 0 Å². The Kier molecular flexibility index (Phi) is 7.48. The maximum absolute atomic E-state index is 13.3. The molecule has 1 aliphatic rings. The van der Waals surface area contributed by atoms with Gasteiger partial charge in [0.25, 0.3) is 5.56 Å². The molecule has 1 amide bonds. The van der Waals surface area contributed by atoms with Crippen molar-refractivity contribution in [3.8, 4) is 11.1 Å². The second kappa shape index (κ2) is 10.9. The molecule has 5 rings (SSSR count). The fourth-order valence-corrected chi connectivity index (χ4v) is 5.96. The Morgan fingerprint density at radius 3 is 2.73 bits per heavy atom. The Labute approximate surface area is 233 Å². The average Bonchev–Trinajstić information content (AvgIpc) is 3.20. The molecule has 4 aromatic rings. The number of carboxylic acid groups (broad SMARTS) is 1. The second-order valence-corrected chi connectivity index (χ2v) is 11.6. The Morgan fingerprint density at radius 1 is 1.18 bits per heavy atom. The Morgan fingerprint density at radius 2 is 2.00 bits per heavy atom. The van der Waals surface area contributed by atoms with Crippen molar-refractivity contribution in [2.45, 2.75) is 39.8 Å². The summed E-state index contributed by atoms with van der Waals surface area (Å²) in [6.07, 6.45) is 5.08. The van der Waals surface area contributed by atoms with E-state index in [1.165, 1.54) is 0 Å². The number of nitrogens with one attached hydrogen (secondary N) is 2. The molecule has 1 saturated heterocycles. The van der Waals surface area contributed by atoms with Crippen LogP contribution < -0.4 is 16.2 Å². The van der Waals surface area contributed by atoms with Crippen molar-refractivity contribution >= 4 is 22.9 Å². The maximum Gasteiger partial charge on any atom is 0.514 e. The number of anilines is 1. The SMILES string of the molecule is Cn1cc(-c2ccnc(NCc3ccccn3)c2)c2oc(C(C(C)(C)C)[N+]3(C(=O)O)CCCNCC3)cc2c1=O. The van der Waals surface area contributed by atoms with Gasteiger partial charge in [-0.05, 0) is 35.9 Å². The first kappa shape index (κ1) is 27.5. The summed E-state index contributed by atoms with van der Waals surface area (Å²) in [5, 5.41) is 17.7.